The second-order valence-corrected chi connectivity index (χ2v) is 4.32. The molecule has 0 aliphatic heterocycles. The molecule has 4 heteroatoms. The number of carbonyl (C=O) groups is 1. The van der Waals surface area contributed by atoms with Gasteiger partial charge in [0, 0.05) is 12.1 Å². The molecule has 0 bridgehead atoms. The number of aliphatic hydroxyl groups is 1. The van der Waals surface area contributed by atoms with Gasteiger partial charge in [-0.15, -0.1) is 0 Å². The average molecular weight is 217 g/mol. The number of rotatable bonds is 6. The summed E-state index contributed by atoms with van der Waals surface area (Å²) in [5.74, 6) is -0.959. The quantitative estimate of drug-likeness (QED) is 0.704. The Morgan fingerprint density at radius 2 is 1.73 bits per heavy atom. The minimum atomic E-state index is -0.959. The van der Waals surface area contributed by atoms with Crippen LogP contribution in [0, 0.1) is 0 Å². The summed E-state index contributed by atoms with van der Waals surface area (Å²) in [5.41, 5.74) is 0. The van der Waals surface area contributed by atoms with Crippen molar-refractivity contribution < 1.29 is 15.0 Å². The van der Waals surface area contributed by atoms with E-state index in [0.717, 1.165) is 6.42 Å². The van der Waals surface area contributed by atoms with Gasteiger partial charge >= 0.3 is 5.97 Å². The molecule has 0 heterocycles. The molecule has 0 aromatic heterocycles. The molecule has 3 atom stereocenters. The van der Waals surface area contributed by atoms with Crippen LogP contribution in [0.15, 0.2) is 0 Å². The third-order valence-electron chi connectivity index (χ3n) is 2.73. The second-order valence-electron chi connectivity index (χ2n) is 4.32. The maximum absolute atomic E-state index is 11.1. The van der Waals surface area contributed by atoms with E-state index in [4.69, 9.17) is 5.11 Å². The Labute approximate surface area is 91.9 Å². The molecule has 4 nitrogen and oxygen atoms in total. The smallest absolute Gasteiger partial charge is 0.323 e. The first-order valence-corrected chi connectivity index (χ1v) is 5.51. The van der Waals surface area contributed by atoms with Gasteiger partial charge in [0.05, 0.1) is 6.10 Å². The topological polar surface area (TPSA) is 60.8 Å². The minimum absolute atomic E-state index is 0.107. The summed E-state index contributed by atoms with van der Waals surface area (Å²) in [6, 6.07) is -0.559. The first kappa shape index (κ1) is 14.4. The van der Waals surface area contributed by atoms with Gasteiger partial charge < -0.3 is 10.2 Å². The lowest BCUT2D eigenvalue weighted by molar-refractivity contribution is -0.150. The first-order chi connectivity index (χ1) is 6.82. The monoisotopic (exact) mass is 217 g/mol. The highest BCUT2D eigenvalue weighted by Crippen LogP contribution is 2.16. The Balaban J connectivity index is 4.92. The van der Waals surface area contributed by atoms with Crippen molar-refractivity contribution in [2.75, 3.05) is 0 Å². The van der Waals surface area contributed by atoms with Crippen molar-refractivity contribution in [2.45, 2.75) is 65.3 Å². The maximum atomic E-state index is 11.1. The molecule has 0 saturated carbocycles. The Hall–Kier alpha value is -0.610. The van der Waals surface area contributed by atoms with Gasteiger partial charge in [0.1, 0.15) is 6.04 Å². The van der Waals surface area contributed by atoms with Gasteiger partial charge in [-0.05, 0) is 34.1 Å². The minimum Gasteiger partial charge on any atom is -0.480 e. The van der Waals surface area contributed by atoms with Gasteiger partial charge in [0.25, 0.3) is 0 Å². The van der Waals surface area contributed by atoms with Crippen molar-refractivity contribution in [1.29, 1.82) is 0 Å². The standard InChI is InChI=1S/C11H23NO3/c1-6-8(4)12(7(2)3)10(9(5)13)11(14)15/h7-10,13H,6H2,1-5H3,(H,14,15). The highest BCUT2D eigenvalue weighted by Gasteiger charge is 2.34. The Kier molecular flexibility index (Phi) is 5.83. The average Bonchev–Trinajstić information content (AvgIpc) is 2.10. The van der Waals surface area contributed by atoms with Crippen LogP contribution in [0.2, 0.25) is 0 Å². The van der Waals surface area contributed by atoms with Crippen molar-refractivity contribution in [2.24, 2.45) is 0 Å². The third kappa shape index (κ3) is 3.80. The van der Waals surface area contributed by atoms with Gasteiger partial charge in [0.2, 0.25) is 0 Å². The number of aliphatic hydroxyl groups excluding tert-OH is 1. The lowest BCUT2D eigenvalue weighted by Crippen LogP contribution is -2.54. The first-order valence-electron chi connectivity index (χ1n) is 5.51. The van der Waals surface area contributed by atoms with Gasteiger partial charge in [-0.1, -0.05) is 6.92 Å². The lowest BCUT2D eigenvalue weighted by atomic mass is 10.0. The molecule has 0 amide bonds. The van der Waals surface area contributed by atoms with Crippen LogP contribution in [0.5, 0.6) is 0 Å². The van der Waals surface area contributed by atoms with Gasteiger partial charge in [-0.2, -0.15) is 0 Å². The van der Waals surface area contributed by atoms with Crippen molar-refractivity contribution in [3.63, 3.8) is 0 Å². The van der Waals surface area contributed by atoms with Crippen molar-refractivity contribution >= 4 is 5.97 Å². The summed E-state index contributed by atoms with van der Waals surface area (Å²) >= 11 is 0. The predicted molar refractivity (Wildman–Crippen MR) is 59.8 cm³/mol. The second kappa shape index (κ2) is 6.08. The zero-order valence-corrected chi connectivity index (χ0v) is 10.3. The lowest BCUT2D eigenvalue weighted by Gasteiger charge is -2.38. The van der Waals surface area contributed by atoms with Crippen LogP contribution in [0.4, 0.5) is 0 Å². The Morgan fingerprint density at radius 3 is 1.93 bits per heavy atom. The van der Waals surface area contributed by atoms with Crippen LogP contribution < -0.4 is 0 Å². The van der Waals surface area contributed by atoms with E-state index in [1.807, 2.05) is 32.6 Å². The van der Waals surface area contributed by atoms with Crippen LogP contribution in [0.1, 0.15) is 41.0 Å². The number of carboxylic acid groups (broad SMARTS) is 1. The number of nitrogens with zero attached hydrogens (tertiary/aromatic N) is 1. The fraction of sp³-hybridized carbons (Fsp3) is 0.909. The van der Waals surface area contributed by atoms with Gasteiger partial charge in [-0.25, -0.2) is 0 Å². The summed E-state index contributed by atoms with van der Waals surface area (Å²) in [6.07, 6.45) is 0.00759. The van der Waals surface area contributed by atoms with Crippen LogP contribution in [-0.4, -0.2) is 45.3 Å². The molecule has 2 N–H and O–H groups in total. The van der Waals surface area contributed by atoms with Crippen LogP contribution in [0.25, 0.3) is 0 Å². The van der Waals surface area contributed by atoms with Crippen molar-refractivity contribution in [1.82, 2.24) is 4.90 Å². The summed E-state index contributed by atoms with van der Waals surface area (Å²) in [4.78, 5) is 13.0. The van der Waals surface area contributed by atoms with Gasteiger partial charge in [0.15, 0.2) is 0 Å². The molecule has 0 aliphatic rings. The largest absolute Gasteiger partial charge is 0.480 e. The van der Waals surface area contributed by atoms with Crippen LogP contribution in [0.3, 0.4) is 0 Å². The molecule has 0 saturated heterocycles. The van der Waals surface area contributed by atoms with Crippen LogP contribution >= 0.6 is 0 Å². The van der Waals surface area contributed by atoms with E-state index in [1.165, 1.54) is 6.92 Å². The van der Waals surface area contributed by atoms with E-state index < -0.39 is 18.1 Å². The summed E-state index contributed by atoms with van der Waals surface area (Å²) in [5, 5.41) is 18.6. The molecule has 0 rings (SSSR count). The zero-order chi connectivity index (χ0) is 12.2. The predicted octanol–water partition coefficient (Wildman–Crippen LogP) is 1.33. The van der Waals surface area contributed by atoms with E-state index in [9.17, 15) is 9.90 Å². The van der Waals surface area contributed by atoms with E-state index in [1.54, 1.807) is 0 Å². The molecular formula is C11H23NO3. The highest BCUT2D eigenvalue weighted by atomic mass is 16.4. The molecule has 90 valence electrons. The molecule has 0 fully saturated rings. The molecule has 0 aromatic carbocycles. The SMILES string of the molecule is CCC(C)N(C(C)C)C(C(=O)O)C(C)O. The molecule has 0 aliphatic carbocycles. The van der Waals surface area contributed by atoms with E-state index in [0.29, 0.717) is 0 Å². The number of aliphatic carboxylic acids is 1. The van der Waals surface area contributed by atoms with Crippen LogP contribution in [-0.2, 0) is 4.79 Å². The molecule has 0 spiro atoms. The molecule has 0 radical (unpaired) electrons. The highest BCUT2D eigenvalue weighted by molar-refractivity contribution is 5.74. The normalized spacial score (nSPS) is 17.9. The number of carboxylic acids is 1. The van der Waals surface area contributed by atoms with Crippen molar-refractivity contribution in [3.8, 4) is 0 Å². The Bertz CT molecular complexity index is 204. The fourth-order valence-electron chi connectivity index (χ4n) is 1.90. The van der Waals surface area contributed by atoms with Crippen molar-refractivity contribution in [3.05, 3.63) is 0 Å². The zero-order valence-electron chi connectivity index (χ0n) is 10.3. The number of hydrogen-bond acceptors (Lipinski definition) is 3. The van der Waals surface area contributed by atoms with Gasteiger partial charge in [-0.3, -0.25) is 9.69 Å². The summed E-state index contributed by atoms with van der Waals surface area (Å²) < 4.78 is 0. The van der Waals surface area contributed by atoms with E-state index in [-0.39, 0.29) is 12.1 Å². The molecule has 3 unspecified atom stereocenters. The summed E-state index contributed by atoms with van der Waals surface area (Å²) in [6.45, 7) is 9.42. The summed E-state index contributed by atoms with van der Waals surface area (Å²) in [7, 11) is 0. The Morgan fingerprint density at radius 1 is 1.27 bits per heavy atom. The fourth-order valence-corrected chi connectivity index (χ4v) is 1.90. The van der Waals surface area contributed by atoms with E-state index in [2.05, 4.69) is 0 Å². The molecule has 0 aromatic rings. The molecule has 15 heavy (non-hydrogen) atoms. The number of hydrogen-bond donors (Lipinski definition) is 2. The maximum Gasteiger partial charge on any atom is 0.323 e. The molecular weight excluding hydrogens is 194 g/mol. The third-order valence-corrected chi connectivity index (χ3v) is 2.73. The van der Waals surface area contributed by atoms with E-state index >= 15 is 0 Å².